The van der Waals surface area contributed by atoms with Gasteiger partial charge in [-0.15, -0.1) is 0 Å². The smallest absolute Gasteiger partial charge is 0.0811 e. The van der Waals surface area contributed by atoms with Crippen LogP contribution in [0.2, 0.25) is 0 Å². The lowest BCUT2D eigenvalue weighted by Crippen LogP contribution is -2.14. The summed E-state index contributed by atoms with van der Waals surface area (Å²) in [6.07, 6.45) is 0. The van der Waals surface area contributed by atoms with Crippen molar-refractivity contribution in [3.05, 3.63) is 115 Å². The molecule has 0 fully saturated rings. The molecule has 0 saturated carbocycles. The predicted octanol–water partition coefficient (Wildman–Crippen LogP) is 8.02. The fraction of sp³-hybridized carbons (Fsp3) is 0.310. The standard InChI is InChI=1S/C29H31N3/c1-19-15-24(14-13-23-11-9-8-10-12-23)16-20(2)26(19)28(31-32-30)27-21(3)17-25(18-22(27)4)29(5,6)7/h8-12,15-18,28H,1-7H3. The molecule has 0 saturated heterocycles. The van der Waals surface area contributed by atoms with Gasteiger partial charge in [0, 0.05) is 16.0 Å². The van der Waals surface area contributed by atoms with E-state index in [1.54, 1.807) is 0 Å². The molecule has 0 aliphatic rings. The van der Waals surface area contributed by atoms with Gasteiger partial charge >= 0.3 is 0 Å². The highest BCUT2D eigenvalue weighted by Gasteiger charge is 2.23. The van der Waals surface area contributed by atoms with Crippen molar-refractivity contribution in [3.8, 4) is 11.8 Å². The molecular formula is C29H31N3. The largest absolute Gasteiger partial charge is 0.0886 e. The molecule has 1 unspecified atom stereocenters. The van der Waals surface area contributed by atoms with Crippen molar-refractivity contribution in [2.45, 2.75) is 59.9 Å². The van der Waals surface area contributed by atoms with E-state index in [9.17, 15) is 5.53 Å². The van der Waals surface area contributed by atoms with Crippen LogP contribution < -0.4 is 0 Å². The zero-order chi connectivity index (χ0) is 23.5. The fourth-order valence-electron chi connectivity index (χ4n) is 4.29. The van der Waals surface area contributed by atoms with Gasteiger partial charge in [-0.3, -0.25) is 0 Å². The quantitative estimate of drug-likeness (QED) is 0.178. The van der Waals surface area contributed by atoms with Crippen molar-refractivity contribution < 1.29 is 0 Å². The van der Waals surface area contributed by atoms with Crippen LogP contribution in [0, 0.1) is 39.5 Å². The summed E-state index contributed by atoms with van der Waals surface area (Å²) in [6.45, 7) is 15.0. The number of nitrogens with zero attached hydrogens (tertiary/aromatic N) is 3. The fourth-order valence-corrected chi connectivity index (χ4v) is 4.29. The van der Waals surface area contributed by atoms with E-state index in [1.165, 1.54) is 5.56 Å². The summed E-state index contributed by atoms with van der Waals surface area (Å²) in [5.74, 6) is 6.50. The lowest BCUT2D eigenvalue weighted by Gasteiger charge is -2.26. The molecule has 3 nitrogen and oxygen atoms in total. The molecule has 3 aromatic carbocycles. The van der Waals surface area contributed by atoms with Crippen molar-refractivity contribution in [1.29, 1.82) is 0 Å². The van der Waals surface area contributed by atoms with E-state index >= 15 is 0 Å². The van der Waals surface area contributed by atoms with E-state index in [1.807, 2.05) is 30.3 Å². The Kier molecular flexibility index (Phi) is 6.78. The normalized spacial score (nSPS) is 11.8. The summed E-state index contributed by atoms with van der Waals surface area (Å²) >= 11 is 0. The maximum absolute atomic E-state index is 9.41. The van der Waals surface area contributed by atoms with Gasteiger partial charge in [0.25, 0.3) is 0 Å². The average molecular weight is 422 g/mol. The third kappa shape index (κ3) is 5.05. The van der Waals surface area contributed by atoms with Gasteiger partial charge in [-0.25, -0.2) is 0 Å². The third-order valence-electron chi connectivity index (χ3n) is 5.89. The Morgan fingerprint density at radius 2 is 1.22 bits per heavy atom. The Morgan fingerprint density at radius 1 is 0.750 bits per heavy atom. The maximum Gasteiger partial charge on any atom is 0.0886 e. The average Bonchev–Trinajstić information content (AvgIpc) is 2.71. The molecule has 0 N–H and O–H groups in total. The molecule has 3 aromatic rings. The zero-order valence-electron chi connectivity index (χ0n) is 20.1. The van der Waals surface area contributed by atoms with Crippen molar-refractivity contribution in [2.24, 2.45) is 5.11 Å². The number of hydrogen-bond acceptors (Lipinski definition) is 1. The molecule has 0 aliphatic heterocycles. The van der Waals surface area contributed by atoms with E-state index in [0.29, 0.717) is 0 Å². The SMILES string of the molecule is Cc1cc(C#Cc2ccccc2)cc(C)c1C(N=[N+]=[N-])c1c(C)cc(C(C)(C)C)cc1C. The zero-order valence-corrected chi connectivity index (χ0v) is 20.1. The number of azide groups is 1. The van der Waals surface area contributed by atoms with Gasteiger partial charge in [0.15, 0.2) is 0 Å². The molecule has 1 atom stereocenters. The first-order valence-electron chi connectivity index (χ1n) is 11.0. The summed E-state index contributed by atoms with van der Waals surface area (Å²) in [5, 5.41) is 4.27. The monoisotopic (exact) mass is 421 g/mol. The van der Waals surface area contributed by atoms with Gasteiger partial charge in [0.2, 0.25) is 0 Å². The highest BCUT2D eigenvalue weighted by atomic mass is 15.1. The van der Waals surface area contributed by atoms with Crippen LogP contribution in [0.3, 0.4) is 0 Å². The third-order valence-corrected chi connectivity index (χ3v) is 5.89. The minimum absolute atomic E-state index is 0.0624. The van der Waals surface area contributed by atoms with Crippen LogP contribution in [0.5, 0.6) is 0 Å². The first-order chi connectivity index (χ1) is 15.1. The lowest BCUT2D eigenvalue weighted by atomic mass is 9.81. The first-order valence-corrected chi connectivity index (χ1v) is 11.0. The van der Waals surface area contributed by atoms with E-state index in [-0.39, 0.29) is 11.5 Å². The molecule has 0 bridgehead atoms. The highest BCUT2D eigenvalue weighted by molar-refractivity contribution is 5.53. The van der Waals surface area contributed by atoms with Gasteiger partial charge in [-0.05, 0) is 102 Å². The van der Waals surface area contributed by atoms with E-state index in [4.69, 9.17) is 0 Å². The molecule has 3 heteroatoms. The maximum atomic E-state index is 9.41. The Labute approximate surface area is 192 Å². The van der Waals surface area contributed by atoms with Crippen molar-refractivity contribution in [2.75, 3.05) is 0 Å². The topological polar surface area (TPSA) is 48.8 Å². The van der Waals surface area contributed by atoms with Gasteiger partial charge in [-0.1, -0.05) is 68.1 Å². The van der Waals surface area contributed by atoms with Crippen LogP contribution in [0.4, 0.5) is 0 Å². The van der Waals surface area contributed by atoms with Gasteiger partial charge < -0.3 is 0 Å². The Morgan fingerprint density at radius 3 is 1.69 bits per heavy atom. The molecule has 0 amide bonds. The van der Waals surface area contributed by atoms with E-state index < -0.39 is 0 Å². The van der Waals surface area contributed by atoms with Gasteiger partial charge in [-0.2, -0.15) is 0 Å². The Balaban J connectivity index is 2.10. The number of rotatable bonds is 3. The second-order valence-electron chi connectivity index (χ2n) is 9.52. The van der Waals surface area contributed by atoms with Crippen molar-refractivity contribution in [1.82, 2.24) is 0 Å². The summed E-state index contributed by atoms with van der Waals surface area (Å²) in [7, 11) is 0. The van der Waals surface area contributed by atoms with Crippen LogP contribution in [-0.2, 0) is 5.41 Å². The van der Waals surface area contributed by atoms with Crippen LogP contribution in [0.1, 0.15) is 76.9 Å². The minimum atomic E-state index is -0.370. The summed E-state index contributed by atoms with van der Waals surface area (Å²) in [4.78, 5) is 3.22. The van der Waals surface area contributed by atoms with Gasteiger partial charge in [0.05, 0.1) is 6.04 Å². The molecule has 0 radical (unpaired) electrons. The predicted molar refractivity (Wildman–Crippen MR) is 134 cm³/mol. The molecule has 0 spiro atoms. The van der Waals surface area contributed by atoms with E-state index in [2.05, 4.69) is 94.6 Å². The molecular weight excluding hydrogens is 390 g/mol. The lowest BCUT2D eigenvalue weighted by molar-refractivity contribution is 0.588. The minimum Gasteiger partial charge on any atom is -0.0811 e. The highest BCUT2D eigenvalue weighted by Crippen LogP contribution is 2.37. The molecule has 0 heterocycles. The van der Waals surface area contributed by atoms with Gasteiger partial charge in [0.1, 0.15) is 0 Å². The molecule has 3 rings (SSSR count). The van der Waals surface area contributed by atoms with Crippen LogP contribution >= 0.6 is 0 Å². The Hall–Kier alpha value is -3.47. The van der Waals surface area contributed by atoms with Crippen LogP contribution in [0.25, 0.3) is 10.4 Å². The van der Waals surface area contributed by atoms with Crippen LogP contribution in [-0.4, -0.2) is 0 Å². The number of aryl methyl sites for hydroxylation is 4. The summed E-state index contributed by atoms with van der Waals surface area (Å²) in [5.41, 5.74) is 19.3. The summed E-state index contributed by atoms with van der Waals surface area (Å²) < 4.78 is 0. The number of benzene rings is 3. The van der Waals surface area contributed by atoms with Crippen molar-refractivity contribution >= 4 is 0 Å². The molecule has 162 valence electrons. The number of hydrogen-bond donors (Lipinski definition) is 0. The second-order valence-corrected chi connectivity index (χ2v) is 9.52. The Bertz CT molecular complexity index is 1200. The van der Waals surface area contributed by atoms with Crippen LogP contribution in [0.15, 0.2) is 59.7 Å². The molecule has 0 aromatic heterocycles. The molecule has 0 aliphatic carbocycles. The van der Waals surface area contributed by atoms with E-state index in [0.717, 1.165) is 44.5 Å². The summed E-state index contributed by atoms with van der Waals surface area (Å²) in [6, 6.07) is 18.2. The first kappa shape index (κ1) is 23.2. The second kappa shape index (κ2) is 9.35. The molecule has 32 heavy (non-hydrogen) atoms. The van der Waals surface area contributed by atoms with Crippen molar-refractivity contribution in [3.63, 3.8) is 0 Å².